The summed E-state index contributed by atoms with van der Waals surface area (Å²) in [6.45, 7) is 0. The van der Waals surface area contributed by atoms with E-state index in [1.165, 1.54) is 56.6 Å². The normalized spacial score (nSPS) is 11.7. The molecule has 0 unspecified atom stereocenters. The van der Waals surface area contributed by atoms with Crippen molar-refractivity contribution >= 4 is 37.3 Å². The Morgan fingerprint density at radius 3 is 2.15 bits per heavy atom. The Labute approximate surface area is 157 Å². The van der Waals surface area contributed by atoms with E-state index < -0.39 is 26.0 Å². The predicted molar refractivity (Wildman–Crippen MR) is 102 cm³/mol. The van der Waals surface area contributed by atoms with Crippen molar-refractivity contribution in [2.75, 3.05) is 30.0 Å². The van der Waals surface area contributed by atoms with E-state index in [4.69, 9.17) is 9.88 Å². The minimum Gasteiger partial charge on any atom is -0.496 e. The summed E-state index contributed by atoms with van der Waals surface area (Å²) in [7, 11) is -4.59. The van der Waals surface area contributed by atoms with E-state index in [1.807, 2.05) is 0 Å². The van der Waals surface area contributed by atoms with Gasteiger partial charge in [0.2, 0.25) is 20.0 Å². The van der Waals surface area contributed by atoms with Crippen LogP contribution in [0.15, 0.2) is 47.4 Å². The molecule has 9 nitrogen and oxygen atoms in total. The van der Waals surface area contributed by atoms with Crippen molar-refractivity contribution < 1.29 is 26.4 Å². The third-order valence-electron chi connectivity index (χ3n) is 3.73. The fourth-order valence-electron chi connectivity index (χ4n) is 2.19. The van der Waals surface area contributed by atoms with Gasteiger partial charge in [-0.2, -0.15) is 0 Å². The van der Waals surface area contributed by atoms with Crippen LogP contribution in [-0.2, 0) is 20.0 Å². The monoisotopic (exact) mass is 413 g/mol. The fourth-order valence-corrected chi connectivity index (χ4v) is 3.20. The van der Waals surface area contributed by atoms with Gasteiger partial charge in [0.05, 0.1) is 29.5 Å². The second-order valence-electron chi connectivity index (χ2n) is 5.64. The van der Waals surface area contributed by atoms with E-state index >= 15 is 0 Å². The van der Waals surface area contributed by atoms with Gasteiger partial charge >= 0.3 is 0 Å². The predicted octanol–water partition coefficient (Wildman–Crippen LogP) is 0.991. The number of sulfonamides is 2. The maximum absolute atomic E-state index is 12.6. The molecule has 0 bridgehead atoms. The Hall–Kier alpha value is -2.63. The van der Waals surface area contributed by atoms with Gasteiger partial charge in [-0.25, -0.2) is 22.0 Å². The molecule has 0 atom stereocenters. The number of nitrogens with zero attached hydrogens (tertiary/aromatic N) is 1. The van der Waals surface area contributed by atoms with Crippen LogP contribution < -0.4 is 19.5 Å². The van der Waals surface area contributed by atoms with Gasteiger partial charge in [-0.3, -0.25) is 9.10 Å². The highest BCUT2D eigenvalue weighted by Gasteiger charge is 2.18. The van der Waals surface area contributed by atoms with Crippen LogP contribution in [0, 0.1) is 0 Å². The van der Waals surface area contributed by atoms with Crippen molar-refractivity contribution in [2.24, 2.45) is 5.14 Å². The molecule has 0 aliphatic carbocycles. The maximum Gasteiger partial charge on any atom is 0.259 e. The van der Waals surface area contributed by atoms with Crippen LogP contribution in [0.5, 0.6) is 5.75 Å². The number of nitrogens with one attached hydrogen (secondary N) is 1. The molecule has 0 spiro atoms. The minimum atomic E-state index is -3.84. The van der Waals surface area contributed by atoms with Gasteiger partial charge in [0, 0.05) is 12.7 Å². The molecular weight excluding hydrogens is 394 g/mol. The smallest absolute Gasteiger partial charge is 0.259 e. The Morgan fingerprint density at radius 2 is 1.67 bits per heavy atom. The summed E-state index contributed by atoms with van der Waals surface area (Å²) in [5, 5.41) is 7.63. The molecule has 0 heterocycles. The van der Waals surface area contributed by atoms with E-state index in [0.29, 0.717) is 5.69 Å². The van der Waals surface area contributed by atoms with Crippen molar-refractivity contribution in [2.45, 2.75) is 4.90 Å². The lowest BCUT2D eigenvalue weighted by Crippen LogP contribution is -2.25. The van der Waals surface area contributed by atoms with E-state index in [-0.39, 0.29) is 21.9 Å². The number of carbonyl (C=O) groups is 1. The molecule has 0 aliphatic heterocycles. The maximum atomic E-state index is 12.6. The summed E-state index contributed by atoms with van der Waals surface area (Å²) in [6, 6.07) is 9.67. The average molecular weight is 413 g/mol. The van der Waals surface area contributed by atoms with Crippen molar-refractivity contribution in [3.05, 3.63) is 48.0 Å². The molecule has 0 aromatic heterocycles. The van der Waals surface area contributed by atoms with Crippen LogP contribution in [0.1, 0.15) is 10.4 Å². The number of methoxy groups -OCH3 is 1. The Morgan fingerprint density at radius 1 is 1.07 bits per heavy atom. The van der Waals surface area contributed by atoms with Crippen LogP contribution >= 0.6 is 0 Å². The van der Waals surface area contributed by atoms with Crippen molar-refractivity contribution in [3.63, 3.8) is 0 Å². The van der Waals surface area contributed by atoms with E-state index in [0.717, 1.165) is 10.6 Å². The summed E-state index contributed by atoms with van der Waals surface area (Å²) in [4.78, 5) is 12.5. The highest BCUT2D eigenvalue weighted by atomic mass is 32.2. The van der Waals surface area contributed by atoms with Crippen molar-refractivity contribution in [3.8, 4) is 5.75 Å². The molecule has 1 amide bonds. The number of hydrogen-bond donors (Lipinski definition) is 2. The summed E-state index contributed by atoms with van der Waals surface area (Å²) < 4.78 is 52.2. The molecule has 0 fully saturated rings. The summed E-state index contributed by atoms with van der Waals surface area (Å²) >= 11 is 0. The molecule has 2 aromatic rings. The second kappa shape index (κ2) is 7.55. The van der Waals surface area contributed by atoms with Crippen LogP contribution in [0.4, 0.5) is 11.4 Å². The summed E-state index contributed by atoms with van der Waals surface area (Å²) in [6.07, 6.45) is 1.05. The van der Waals surface area contributed by atoms with Crippen LogP contribution in [0.25, 0.3) is 0 Å². The van der Waals surface area contributed by atoms with Gasteiger partial charge in [0.15, 0.2) is 0 Å². The number of amides is 1. The molecule has 0 saturated heterocycles. The summed E-state index contributed by atoms with van der Waals surface area (Å²) in [5.74, 6) is -0.307. The molecule has 27 heavy (non-hydrogen) atoms. The molecule has 0 aliphatic rings. The van der Waals surface area contributed by atoms with Gasteiger partial charge in [-0.05, 0) is 42.5 Å². The number of carbonyl (C=O) groups excluding carboxylic acids is 1. The first-order chi connectivity index (χ1) is 12.4. The van der Waals surface area contributed by atoms with Crippen LogP contribution in [0.3, 0.4) is 0 Å². The number of hydrogen-bond acceptors (Lipinski definition) is 6. The van der Waals surface area contributed by atoms with Gasteiger partial charge < -0.3 is 10.1 Å². The zero-order valence-corrected chi connectivity index (χ0v) is 16.5. The highest BCUT2D eigenvalue weighted by molar-refractivity contribution is 7.92. The third kappa shape index (κ3) is 4.96. The lowest BCUT2D eigenvalue weighted by molar-refractivity contribution is 0.102. The highest BCUT2D eigenvalue weighted by Crippen LogP contribution is 2.26. The number of anilines is 2. The van der Waals surface area contributed by atoms with E-state index in [9.17, 15) is 21.6 Å². The fraction of sp³-hybridized carbons (Fsp3) is 0.188. The largest absolute Gasteiger partial charge is 0.496 e. The van der Waals surface area contributed by atoms with E-state index in [1.54, 1.807) is 0 Å². The van der Waals surface area contributed by atoms with Crippen molar-refractivity contribution in [1.29, 1.82) is 0 Å². The quantitative estimate of drug-likeness (QED) is 0.725. The van der Waals surface area contributed by atoms with Crippen molar-refractivity contribution in [1.82, 2.24) is 0 Å². The van der Waals surface area contributed by atoms with Crippen LogP contribution in [-0.4, -0.2) is 43.2 Å². The molecule has 11 heteroatoms. The minimum absolute atomic E-state index is 0.0881. The number of nitrogens with two attached hydrogens (primary N) is 1. The third-order valence-corrected chi connectivity index (χ3v) is 5.86. The van der Waals surface area contributed by atoms with Gasteiger partial charge in [-0.15, -0.1) is 0 Å². The topological polar surface area (TPSA) is 136 Å². The lowest BCUT2D eigenvalue weighted by atomic mass is 10.1. The van der Waals surface area contributed by atoms with Gasteiger partial charge in [0.25, 0.3) is 5.91 Å². The Balaban J connectivity index is 2.34. The molecular formula is C16H19N3O6S2. The molecule has 0 saturated carbocycles. The molecule has 2 aromatic carbocycles. The van der Waals surface area contributed by atoms with E-state index in [2.05, 4.69) is 5.32 Å². The van der Waals surface area contributed by atoms with Gasteiger partial charge in [0.1, 0.15) is 5.75 Å². The molecule has 0 radical (unpaired) electrons. The SMILES string of the molecule is COc1ccc(N(C)S(C)(=O)=O)cc1C(=O)Nc1ccc(S(N)(=O)=O)cc1. The standard InChI is InChI=1S/C16H19N3O6S2/c1-19(26(3,21)22)12-6-9-15(25-2)14(10-12)16(20)18-11-4-7-13(8-5-11)27(17,23)24/h4-10H,1-3H3,(H,18,20)(H2,17,23,24). The number of rotatable bonds is 6. The summed E-state index contributed by atoms with van der Waals surface area (Å²) in [5.41, 5.74) is 0.727. The molecule has 146 valence electrons. The Kier molecular flexibility index (Phi) is 5.78. The Bertz CT molecular complexity index is 1060. The second-order valence-corrected chi connectivity index (χ2v) is 9.21. The van der Waals surface area contributed by atoms with Gasteiger partial charge in [-0.1, -0.05) is 0 Å². The first kappa shape index (κ1) is 20.7. The number of primary sulfonamides is 1. The zero-order valence-electron chi connectivity index (χ0n) is 14.8. The zero-order chi connectivity index (χ0) is 20.4. The first-order valence-corrected chi connectivity index (χ1v) is 10.9. The molecule has 2 rings (SSSR count). The number of ether oxygens (including phenoxy) is 1. The average Bonchev–Trinajstić information content (AvgIpc) is 2.59. The lowest BCUT2D eigenvalue weighted by Gasteiger charge is -2.18. The van der Waals surface area contributed by atoms with Crippen LogP contribution in [0.2, 0.25) is 0 Å². The number of benzene rings is 2. The molecule has 3 N–H and O–H groups in total. The first-order valence-electron chi connectivity index (χ1n) is 7.49.